The molecule has 2 aliphatic rings. The number of amides is 1. The first-order valence-corrected chi connectivity index (χ1v) is 10.3. The third-order valence-electron chi connectivity index (χ3n) is 6.11. The van der Waals surface area contributed by atoms with Crippen LogP contribution in [0.25, 0.3) is 11.0 Å². The van der Waals surface area contributed by atoms with Gasteiger partial charge in [-0.2, -0.15) is 0 Å². The number of pyridine rings is 1. The Morgan fingerprint density at radius 1 is 1.10 bits per heavy atom. The van der Waals surface area contributed by atoms with Crippen molar-refractivity contribution in [3.8, 4) is 0 Å². The van der Waals surface area contributed by atoms with E-state index in [1.54, 1.807) is 35.5 Å². The normalized spacial score (nSPS) is 20.3. The Kier molecular flexibility index (Phi) is 4.62. The van der Waals surface area contributed by atoms with Gasteiger partial charge in [0.15, 0.2) is 11.5 Å². The molecule has 1 saturated carbocycles. The number of ketones is 1. The van der Waals surface area contributed by atoms with Gasteiger partial charge in [-0.05, 0) is 36.6 Å². The van der Waals surface area contributed by atoms with Gasteiger partial charge < -0.3 is 14.4 Å². The lowest BCUT2D eigenvalue weighted by Gasteiger charge is -2.36. The Balaban J connectivity index is 1.60. The van der Waals surface area contributed by atoms with E-state index in [4.69, 9.17) is 4.42 Å². The lowest BCUT2D eigenvalue weighted by atomic mass is 9.90. The summed E-state index contributed by atoms with van der Waals surface area (Å²) in [7, 11) is 0. The lowest BCUT2D eigenvalue weighted by Crippen LogP contribution is -2.41. The molecule has 3 aromatic rings. The molecule has 0 spiro atoms. The number of benzene rings is 1. The first kappa shape index (κ1) is 18.6. The van der Waals surface area contributed by atoms with Crippen molar-refractivity contribution < 1.29 is 19.1 Å². The summed E-state index contributed by atoms with van der Waals surface area (Å²) in [5.41, 5.74) is 1.37. The Morgan fingerprint density at radius 3 is 2.63 bits per heavy atom. The van der Waals surface area contributed by atoms with Crippen LogP contribution >= 0.6 is 0 Å². The number of Topliss-reactive ketones (excluding diaryl/α,β-unsaturated/α-hetero) is 1. The molecule has 1 fully saturated rings. The third kappa shape index (κ3) is 3.00. The molecule has 0 bridgehead atoms. The van der Waals surface area contributed by atoms with Gasteiger partial charge in [-0.25, -0.2) is 0 Å². The number of nitrogens with zero attached hydrogens (tertiary/aromatic N) is 2. The Bertz CT molecular complexity index is 1110. The van der Waals surface area contributed by atoms with Gasteiger partial charge in [0.2, 0.25) is 5.78 Å². The predicted molar refractivity (Wildman–Crippen MR) is 111 cm³/mol. The van der Waals surface area contributed by atoms with E-state index in [2.05, 4.69) is 4.98 Å². The van der Waals surface area contributed by atoms with Gasteiger partial charge in [0.05, 0.1) is 11.6 Å². The van der Waals surface area contributed by atoms with Crippen molar-refractivity contribution in [1.29, 1.82) is 0 Å². The van der Waals surface area contributed by atoms with Crippen molar-refractivity contribution in [3.63, 3.8) is 0 Å². The number of para-hydroxylation sites is 1. The summed E-state index contributed by atoms with van der Waals surface area (Å²) >= 11 is 0. The van der Waals surface area contributed by atoms with E-state index in [0.717, 1.165) is 37.5 Å². The highest BCUT2D eigenvalue weighted by molar-refractivity contribution is 6.16. The Labute approximate surface area is 173 Å². The molecule has 2 aromatic heterocycles. The largest absolute Gasteiger partial charge is 0.503 e. The molecule has 1 aromatic carbocycles. The second kappa shape index (κ2) is 7.44. The van der Waals surface area contributed by atoms with E-state index in [1.165, 1.54) is 0 Å². The third-order valence-corrected chi connectivity index (χ3v) is 6.11. The monoisotopic (exact) mass is 402 g/mol. The topological polar surface area (TPSA) is 83.6 Å². The number of aliphatic hydroxyl groups excluding tert-OH is 1. The summed E-state index contributed by atoms with van der Waals surface area (Å²) in [6, 6.07) is 11.9. The fourth-order valence-corrected chi connectivity index (χ4v) is 4.68. The number of aromatic nitrogens is 1. The van der Waals surface area contributed by atoms with Crippen molar-refractivity contribution >= 4 is 22.7 Å². The fourth-order valence-electron chi connectivity index (χ4n) is 4.68. The number of hydrogen-bond donors (Lipinski definition) is 1. The molecule has 1 N–H and O–H groups in total. The molecule has 1 amide bonds. The maximum absolute atomic E-state index is 13.5. The van der Waals surface area contributed by atoms with Crippen LogP contribution in [0, 0.1) is 0 Å². The van der Waals surface area contributed by atoms with Crippen molar-refractivity contribution in [2.45, 2.75) is 44.2 Å². The maximum atomic E-state index is 13.5. The number of rotatable bonds is 4. The van der Waals surface area contributed by atoms with Crippen LogP contribution in [0.1, 0.15) is 54.3 Å². The minimum Gasteiger partial charge on any atom is -0.503 e. The van der Waals surface area contributed by atoms with Crippen LogP contribution in [-0.2, 0) is 4.79 Å². The van der Waals surface area contributed by atoms with Gasteiger partial charge >= 0.3 is 0 Å². The summed E-state index contributed by atoms with van der Waals surface area (Å²) in [5.74, 6) is -1.33. The minimum atomic E-state index is -0.671. The van der Waals surface area contributed by atoms with Gasteiger partial charge in [-0.15, -0.1) is 0 Å². The van der Waals surface area contributed by atoms with Gasteiger partial charge in [0, 0.05) is 23.8 Å². The average molecular weight is 402 g/mol. The van der Waals surface area contributed by atoms with Gasteiger partial charge in [-0.3, -0.25) is 14.6 Å². The number of hydrogen-bond acceptors (Lipinski definition) is 5. The molecule has 6 heteroatoms. The van der Waals surface area contributed by atoms with Crippen LogP contribution in [0.15, 0.2) is 70.6 Å². The van der Waals surface area contributed by atoms with Crippen molar-refractivity contribution in [2.75, 3.05) is 0 Å². The van der Waals surface area contributed by atoms with Crippen LogP contribution in [0.4, 0.5) is 0 Å². The van der Waals surface area contributed by atoms with E-state index in [9.17, 15) is 14.7 Å². The predicted octanol–water partition coefficient (Wildman–Crippen LogP) is 4.74. The molecule has 1 unspecified atom stereocenters. The molecule has 1 aliphatic carbocycles. The smallest absolute Gasteiger partial charge is 0.290 e. The number of furan rings is 1. The summed E-state index contributed by atoms with van der Waals surface area (Å²) in [5, 5.41) is 11.6. The van der Waals surface area contributed by atoms with Gasteiger partial charge in [0.25, 0.3) is 5.91 Å². The molecule has 0 radical (unpaired) electrons. The average Bonchev–Trinajstić information content (AvgIpc) is 3.34. The molecule has 5 rings (SSSR count). The quantitative estimate of drug-likeness (QED) is 0.638. The lowest BCUT2D eigenvalue weighted by molar-refractivity contribution is -0.132. The van der Waals surface area contributed by atoms with Crippen molar-refractivity contribution in [3.05, 3.63) is 77.5 Å². The summed E-state index contributed by atoms with van der Waals surface area (Å²) in [6.07, 6.45) is 8.22. The molecular weight excluding hydrogens is 380 g/mol. The summed E-state index contributed by atoms with van der Waals surface area (Å²) in [6.45, 7) is 0. The van der Waals surface area contributed by atoms with Crippen LogP contribution in [0.2, 0.25) is 0 Å². The number of fused-ring (bicyclic) bond motifs is 1. The molecule has 152 valence electrons. The fraction of sp³-hybridized carbons (Fsp3) is 0.292. The van der Waals surface area contributed by atoms with E-state index < -0.39 is 23.5 Å². The summed E-state index contributed by atoms with van der Waals surface area (Å²) in [4.78, 5) is 32.5. The van der Waals surface area contributed by atoms with Crippen LogP contribution in [0.3, 0.4) is 0 Å². The van der Waals surface area contributed by atoms with E-state index in [1.807, 2.05) is 24.3 Å². The zero-order valence-corrected chi connectivity index (χ0v) is 16.5. The Morgan fingerprint density at radius 2 is 1.90 bits per heavy atom. The maximum Gasteiger partial charge on any atom is 0.290 e. The minimum absolute atomic E-state index is 0.0143. The van der Waals surface area contributed by atoms with Crippen molar-refractivity contribution in [2.24, 2.45) is 0 Å². The SMILES string of the molecule is O=C(C1=C(O)C(=O)N(C2CCCCC2)C1c1cccnc1)c1cc2ccccc2o1. The molecule has 1 aliphatic heterocycles. The number of aliphatic hydroxyl groups is 1. The first-order valence-electron chi connectivity index (χ1n) is 10.3. The van der Waals surface area contributed by atoms with E-state index in [0.29, 0.717) is 11.1 Å². The molecule has 3 heterocycles. The zero-order valence-electron chi connectivity index (χ0n) is 16.5. The molecule has 1 atom stereocenters. The molecule has 6 nitrogen and oxygen atoms in total. The van der Waals surface area contributed by atoms with Crippen molar-refractivity contribution in [1.82, 2.24) is 9.88 Å². The standard InChI is InChI=1S/C24H22N2O4/c27-22(19-13-15-7-4-5-11-18(15)30-19)20-21(16-8-6-12-25-14-16)26(24(29)23(20)28)17-9-2-1-3-10-17/h4-8,11-14,17,21,28H,1-3,9-10H2. The zero-order chi connectivity index (χ0) is 20.7. The number of carbonyl (C=O) groups is 2. The van der Waals surface area contributed by atoms with Gasteiger partial charge in [-0.1, -0.05) is 43.5 Å². The molecule has 30 heavy (non-hydrogen) atoms. The van der Waals surface area contributed by atoms with Crippen LogP contribution < -0.4 is 0 Å². The Hall–Kier alpha value is -3.41. The molecule has 0 saturated heterocycles. The van der Waals surface area contributed by atoms with Gasteiger partial charge in [0.1, 0.15) is 5.58 Å². The highest BCUT2D eigenvalue weighted by Gasteiger charge is 2.47. The van der Waals surface area contributed by atoms with E-state index >= 15 is 0 Å². The second-order valence-corrected chi connectivity index (χ2v) is 7.93. The second-order valence-electron chi connectivity index (χ2n) is 7.93. The van der Waals surface area contributed by atoms with Crippen LogP contribution in [0.5, 0.6) is 0 Å². The summed E-state index contributed by atoms with van der Waals surface area (Å²) < 4.78 is 5.75. The van der Waals surface area contributed by atoms with Crippen LogP contribution in [-0.4, -0.2) is 32.7 Å². The first-order chi connectivity index (χ1) is 14.6. The highest BCUT2D eigenvalue weighted by Crippen LogP contribution is 2.43. The molecular formula is C24H22N2O4. The number of carbonyl (C=O) groups excluding carboxylic acids is 2. The highest BCUT2D eigenvalue weighted by atomic mass is 16.3. The van der Waals surface area contributed by atoms with E-state index in [-0.39, 0.29) is 17.4 Å².